The van der Waals surface area contributed by atoms with Crippen molar-refractivity contribution < 1.29 is 0 Å². The molecule has 1 unspecified atom stereocenters. The third-order valence-electron chi connectivity index (χ3n) is 1.81. The van der Waals surface area contributed by atoms with E-state index in [1.807, 2.05) is 32.2 Å². The molecule has 0 fully saturated rings. The van der Waals surface area contributed by atoms with E-state index in [4.69, 9.17) is 0 Å². The predicted molar refractivity (Wildman–Crippen MR) is 54.3 cm³/mol. The number of hydrogen-bond donors (Lipinski definition) is 0. The second-order valence-corrected chi connectivity index (χ2v) is 2.56. The molecule has 0 aliphatic rings. The molecular formula is C11H19N. The molecule has 1 rings (SSSR count). The van der Waals surface area contributed by atoms with E-state index in [9.17, 15) is 0 Å². The maximum atomic E-state index is 4.25. The summed E-state index contributed by atoms with van der Waals surface area (Å²) in [6.07, 6.45) is 3.01. The summed E-state index contributed by atoms with van der Waals surface area (Å²) in [5.41, 5.74) is 1.20. The van der Waals surface area contributed by atoms with E-state index >= 15 is 0 Å². The number of nitrogens with zero attached hydrogens (tertiary/aromatic N) is 1. The lowest BCUT2D eigenvalue weighted by Gasteiger charge is -2.05. The first-order valence-corrected chi connectivity index (χ1v) is 4.75. The van der Waals surface area contributed by atoms with Gasteiger partial charge in [-0.25, -0.2) is 0 Å². The summed E-state index contributed by atoms with van der Waals surface area (Å²) in [6, 6.07) is 6.06. The van der Waals surface area contributed by atoms with Gasteiger partial charge in [-0.1, -0.05) is 33.8 Å². The molecule has 1 aromatic heterocycles. The van der Waals surface area contributed by atoms with Gasteiger partial charge in [-0.05, 0) is 24.5 Å². The summed E-state index contributed by atoms with van der Waals surface area (Å²) in [4.78, 5) is 4.25. The van der Waals surface area contributed by atoms with Crippen LogP contribution < -0.4 is 0 Å². The third kappa shape index (κ3) is 3.51. The van der Waals surface area contributed by atoms with E-state index in [1.54, 1.807) is 0 Å². The van der Waals surface area contributed by atoms with E-state index in [-0.39, 0.29) is 0 Å². The molecule has 1 heteroatoms. The van der Waals surface area contributed by atoms with Crippen LogP contribution in [0.25, 0.3) is 0 Å². The van der Waals surface area contributed by atoms with Gasteiger partial charge in [-0.2, -0.15) is 0 Å². The van der Waals surface area contributed by atoms with Crippen LogP contribution in [0.1, 0.15) is 45.7 Å². The molecule has 1 heterocycles. The van der Waals surface area contributed by atoms with E-state index < -0.39 is 0 Å². The van der Waals surface area contributed by atoms with E-state index in [0.29, 0.717) is 5.92 Å². The minimum atomic E-state index is 0.598. The molecule has 0 N–H and O–H groups in total. The van der Waals surface area contributed by atoms with E-state index in [1.165, 1.54) is 5.69 Å². The van der Waals surface area contributed by atoms with Crippen LogP contribution in [0.2, 0.25) is 0 Å². The Morgan fingerprint density at radius 3 is 2.42 bits per heavy atom. The zero-order valence-corrected chi connectivity index (χ0v) is 8.54. The molecule has 0 bridgehead atoms. The van der Waals surface area contributed by atoms with E-state index in [0.717, 1.165) is 6.42 Å². The Kier molecular flexibility index (Phi) is 6.35. The van der Waals surface area contributed by atoms with Crippen LogP contribution in [0.15, 0.2) is 24.4 Å². The van der Waals surface area contributed by atoms with Gasteiger partial charge < -0.3 is 0 Å². The molecule has 0 aromatic carbocycles. The Bertz CT molecular complexity index is 181. The highest BCUT2D eigenvalue weighted by molar-refractivity contribution is 5.07. The third-order valence-corrected chi connectivity index (χ3v) is 1.81. The largest absolute Gasteiger partial charge is 0.261 e. The number of hydrogen-bond acceptors (Lipinski definition) is 1. The maximum absolute atomic E-state index is 4.25. The molecule has 12 heavy (non-hydrogen) atoms. The number of rotatable bonds is 2. The lowest BCUT2D eigenvalue weighted by Crippen LogP contribution is -1.93. The van der Waals surface area contributed by atoms with Crippen LogP contribution in [0.4, 0.5) is 0 Å². The zero-order chi connectivity index (χ0) is 9.40. The number of pyridine rings is 1. The fraction of sp³-hybridized carbons (Fsp3) is 0.545. The van der Waals surface area contributed by atoms with Crippen molar-refractivity contribution >= 4 is 0 Å². The van der Waals surface area contributed by atoms with Gasteiger partial charge in [0.05, 0.1) is 0 Å². The second-order valence-electron chi connectivity index (χ2n) is 2.56. The summed E-state index contributed by atoms with van der Waals surface area (Å²) in [5.74, 6) is 0.598. The molecule has 0 amide bonds. The van der Waals surface area contributed by atoms with Crippen LogP contribution in [-0.2, 0) is 0 Å². The molecule has 68 valence electrons. The standard InChI is InChI=1S/C9H13N.C2H6/c1-3-8(2)9-6-4-5-7-10-9;1-2/h4-8H,3H2,1-2H3;1-2H3. The van der Waals surface area contributed by atoms with Gasteiger partial charge in [0.25, 0.3) is 0 Å². The predicted octanol–water partition coefficient (Wildman–Crippen LogP) is 3.62. The summed E-state index contributed by atoms with van der Waals surface area (Å²) in [6.45, 7) is 8.38. The number of aromatic nitrogens is 1. The van der Waals surface area contributed by atoms with Crippen molar-refractivity contribution in [1.29, 1.82) is 0 Å². The van der Waals surface area contributed by atoms with Crippen molar-refractivity contribution in [2.75, 3.05) is 0 Å². The normalized spacial score (nSPS) is 11.3. The molecule has 1 atom stereocenters. The highest BCUT2D eigenvalue weighted by Gasteiger charge is 2.00. The first kappa shape index (κ1) is 11.2. The summed E-state index contributed by atoms with van der Waals surface area (Å²) in [5, 5.41) is 0. The van der Waals surface area contributed by atoms with Crippen LogP contribution >= 0.6 is 0 Å². The van der Waals surface area contributed by atoms with Crippen molar-refractivity contribution in [1.82, 2.24) is 4.98 Å². The average Bonchev–Trinajstić information content (AvgIpc) is 2.21. The van der Waals surface area contributed by atoms with Gasteiger partial charge in [0.2, 0.25) is 0 Å². The van der Waals surface area contributed by atoms with Crippen LogP contribution in [0.5, 0.6) is 0 Å². The molecular weight excluding hydrogens is 146 g/mol. The van der Waals surface area contributed by atoms with Crippen LogP contribution in [-0.4, -0.2) is 4.98 Å². The summed E-state index contributed by atoms with van der Waals surface area (Å²) < 4.78 is 0. The Morgan fingerprint density at radius 2 is 2.00 bits per heavy atom. The maximum Gasteiger partial charge on any atom is 0.0431 e. The molecule has 0 aliphatic carbocycles. The Balaban J connectivity index is 0.000000561. The van der Waals surface area contributed by atoms with Gasteiger partial charge in [-0.15, -0.1) is 0 Å². The fourth-order valence-corrected chi connectivity index (χ4v) is 0.877. The molecule has 0 radical (unpaired) electrons. The minimum Gasteiger partial charge on any atom is -0.261 e. The van der Waals surface area contributed by atoms with Crippen LogP contribution in [0.3, 0.4) is 0 Å². The summed E-state index contributed by atoms with van der Waals surface area (Å²) >= 11 is 0. The molecule has 0 aliphatic heterocycles. The van der Waals surface area contributed by atoms with Gasteiger partial charge in [-0.3, -0.25) is 4.98 Å². The highest BCUT2D eigenvalue weighted by Crippen LogP contribution is 2.14. The van der Waals surface area contributed by atoms with Crippen LogP contribution in [0, 0.1) is 0 Å². The van der Waals surface area contributed by atoms with Gasteiger partial charge in [0.1, 0.15) is 0 Å². The lowest BCUT2D eigenvalue weighted by molar-refractivity contribution is 0.708. The van der Waals surface area contributed by atoms with Gasteiger partial charge >= 0.3 is 0 Å². The SMILES string of the molecule is CC.CCC(C)c1ccccn1. The quantitative estimate of drug-likeness (QED) is 0.652. The van der Waals surface area contributed by atoms with E-state index in [2.05, 4.69) is 24.9 Å². The van der Waals surface area contributed by atoms with Crippen molar-refractivity contribution in [3.05, 3.63) is 30.1 Å². The van der Waals surface area contributed by atoms with Crippen molar-refractivity contribution in [2.24, 2.45) is 0 Å². The van der Waals surface area contributed by atoms with Crippen molar-refractivity contribution in [3.8, 4) is 0 Å². The smallest absolute Gasteiger partial charge is 0.0431 e. The highest BCUT2D eigenvalue weighted by atomic mass is 14.7. The zero-order valence-electron chi connectivity index (χ0n) is 8.54. The first-order chi connectivity index (χ1) is 5.84. The molecule has 0 saturated carbocycles. The summed E-state index contributed by atoms with van der Waals surface area (Å²) in [7, 11) is 0. The van der Waals surface area contributed by atoms with Gasteiger partial charge in [0.15, 0.2) is 0 Å². The molecule has 1 nitrogen and oxygen atoms in total. The van der Waals surface area contributed by atoms with Gasteiger partial charge in [0, 0.05) is 11.9 Å². The second kappa shape index (κ2) is 6.84. The fourth-order valence-electron chi connectivity index (χ4n) is 0.877. The average molecular weight is 165 g/mol. The molecule has 1 aromatic rings. The Morgan fingerprint density at radius 1 is 1.33 bits per heavy atom. The topological polar surface area (TPSA) is 12.9 Å². The van der Waals surface area contributed by atoms with Crippen molar-refractivity contribution in [3.63, 3.8) is 0 Å². The minimum absolute atomic E-state index is 0.598. The molecule has 0 saturated heterocycles. The monoisotopic (exact) mass is 165 g/mol. The lowest BCUT2D eigenvalue weighted by atomic mass is 10.1. The first-order valence-electron chi connectivity index (χ1n) is 4.75. The van der Waals surface area contributed by atoms with Crippen molar-refractivity contribution in [2.45, 2.75) is 40.0 Å². The Labute approximate surface area is 75.8 Å². The molecule has 0 spiro atoms. The Hall–Kier alpha value is -0.850.